The van der Waals surface area contributed by atoms with Gasteiger partial charge in [0.1, 0.15) is 5.82 Å². The highest BCUT2D eigenvalue weighted by Gasteiger charge is 2.25. The molecule has 1 saturated carbocycles. The lowest BCUT2D eigenvalue weighted by Crippen LogP contribution is -2.24. The molecule has 0 unspecified atom stereocenters. The second-order valence-corrected chi connectivity index (χ2v) is 6.19. The zero-order valence-corrected chi connectivity index (χ0v) is 13.8. The number of nitrogens with one attached hydrogen (secondary N) is 2. The number of aliphatic hydroxyl groups excluding tert-OH is 1. The Labute approximate surface area is 146 Å². The van der Waals surface area contributed by atoms with E-state index in [2.05, 4.69) is 15.6 Å². The Balaban J connectivity index is 1.71. The zero-order chi connectivity index (χ0) is 17.6. The number of carbonyl (C=O) groups is 1. The lowest BCUT2D eigenvalue weighted by Gasteiger charge is -2.17. The van der Waals surface area contributed by atoms with Gasteiger partial charge in [-0.25, -0.2) is 4.98 Å². The third kappa shape index (κ3) is 4.14. The van der Waals surface area contributed by atoms with Gasteiger partial charge in [-0.2, -0.15) is 5.26 Å². The Morgan fingerprint density at radius 1 is 1.32 bits per heavy atom. The number of hydrogen-bond donors (Lipinski definition) is 3. The third-order valence-corrected chi connectivity index (χ3v) is 4.45. The first-order chi connectivity index (χ1) is 12.2. The lowest BCUT2D eigenvalue weighted by molar-refractivity contribution is 0.102. The maximum Gasteiger partial charge on any atom is 0.259 e. The number of nitriles is 1. The standard InChI is InChI=1S/C19H20N4O2/c20-11-13-4-1-6-15(10-13)23-19(25)16-7-3-9-21-18(16)22-12-14-5-2-8-17(14)24/h1,3-4,6-7,9-10,14,17,24H,2,5,8,12H2,(H,21,22)(H,23,25)/t14-,17-/m0/s1. The van der Waals surface area contributed by atoms with Crippen molar-refractivity contribution in [3.8, 4) is 6.07 Å². The molecule has 3 rings (SSSR count). The summed E-state index contributed by atoms with van der Waals surface area (Å²) in [4.78, 5) is 16.8. The average Bonchev–Trinajstić information content (AvgIpc) is 3.05. The Kier molecular flexibility index (Phi) is 5.26. The molecule has 0 saturated heterocycles. The van der Waals surface area contributed by atoms with E-state index >= 15 is 0 Å². The zero-order valence-electron chi connectivity index (χ0n) is 13.8. The molecule has 0 spiro atoms. The summed E-state index contributed by atoms with van der Waals surface area (Å²) in [5, 5.41) is 24.9. The number of benzene rings is 1. The SMILES string of the molecule is N#Cc1cccc(NC(=O)c2cccnc2NC[C@@H]2CCC[C@@H]2O)c1. The monoisotopic (exact) mass is 336 g/mol. The van der Waals surface area contributed by atoms with E-state index in [9.17, 15) is 9.90 Å². The highest BCUT2D eigenvalue weighted by molar-refractivity contribution is 6.07. The van der Waals surface area contributed by atoms with Crippen molar-refractivity contribution in [2.24, 2.45) is 5.92 Å². The van der Waals surface area contributed by atoms with E-state index in [4.69, 9.17) is 5.26 Å². The van der Waals surface area contributed by atoms with E-state index in [1.807, 2.05) is 6.07 Å². The molecule has 25 heavy (non-hydrogen) atoms. The fourth-order valence-electron chi connectivity index (χ4n) is 3.08. The van der Waals surface area contributed by atoms with Gasteiger partial charge in [0.15, 0.2) is 0 Å². The molecule has 6 heteroatoms. The summed E-state index contributed by atoms with van der Waals surface area (Å²) in [5.41, 5.74) is 1.47. The van der Waals surface area contributed by atoms with Crippen LogP contribution < -0.4 is 10.6 Å². The lowest BCUT2D eigenvalue weighted by atomic mass is 10.1. The molecule has 1 fully saturated rings. The highest BCUT2D eigenvalue weighted by atomic mass is 16.3. The molecule has 1 heterocycles. The van der Waals surface area contributed by atoms with Gasteiger partial charge in [-0.3, -0.25) is 4.79 Å². The predicted molar refractivity (Wildman–Crippen MR) is 95.2 cm³/mol. The van der Waals surface area contributed by atoms with Gasteiger partial charge in [-0.1, -0.05) is 12.5 Å². The molecule has 1 aromatic heterocycles. The third-order valence-electron chi connectivity index (χ3n) is 4.45. The van der Waals surface area contributed by atoms with Crippen molar-refractivity contribution in [2.75, 3.05) is 17.2 Å². The summed E-state index contributed by atoms with van der Waals surface area (Å²) >= 11 is 0. The van der Waals surface area contributed by atoms with Crippen LogP contribution in [0, 0.1) is 17.2 Å². The Morgan fingerprint density at radius 3 is 2.96 bits per heavy atom. The van der Waals surface area contributed by atoms with Crippen molar-refractivity contribution < 1.29 is 9.90 Å². The summed E-state index contributed by atoms with van der Waals surface area (Å²) in [6.45, 7) is 0.586. The molecule has 0 aliphatic heterocycles. The molecule has 6 nitrogen and oxygen atoms in total. The van der Waals surface area contributed by atoms with Crippen LogP contribution in [0.15, 0.2) is 42.6 Å². The molecule has 2 aromatic rings. The minimum absolute atomic E-state index is 0.185. The molecule has 1 aliphatic rings. The van der Waals surface area contributed by atoms with Gasteiger partial charge < -0.3 is 15.7 Å². The van der Waals surface area contributed by atoms with E-state index in [0.29, 0.717) is 29.2 Å². The fraction of sp³-hybridized carbons (Fsp3) is 0.316. The number of anilines is 2. The first kappa shape index (κ1) is 16.9. The minimum atomic E-state index is -0.294. The Morgan fingerprint density at radius 2 is 2.20 bits per heavy atom. The van der Waals surface area contributed by atoms with Gasteiger partial charge in [0.05, 0.1) is 23.3 Å². The summed E-state index contributed by atoms with van der Waals surface area (Å²) in [7, 11) is 0. The quantitative estimate of drug-likeness (QED) is 0.780. The van der Waals surface area contributed by atoms with Gasteiger partial charge in [0.2, 0.25) is 0 Å². The van der Waals surface area contributed by atoms with Gasteiger partial charge in [-0.05, 0) is 43.2 Å². The first-order valence-corrected chi connectivity index (χ1v) is 8.36. The maximum absolute atomic E-state index is 12.6. The molecule has 128 valence electrons. The van der Waals surface area contributed by atoms with E-state index in [-0.39, 0.29) is 17.9 Å². The second-order valence-electron chi connectivity index (χ2n) is 6.19. The first-order valence-electron chi connectivity index (χ1n) is 8.36. The summed E-state index contributed by atoms with van der Waals surface area (Å²) in [6, 6.07) is 12.2. The molecule has 1 aliphatic carbocycles. The van der Waals surface area contributed by atoms with Crippen molar-refractivity contribution in [1.29, 1.82) is 5.26 Å². The van der Waals surface area contributed by atoms with Crippen LogP contribution in [-0.4, -0.2) is 28.6 Å². The largest absolute Gasteiger partial charge is 0.393 e. The summed E-state index contributed by atoms with van der Waals surface area (Å²) < 4.78 is 0. The molecule has 2 atom stereocenters. The molecule has 1 aromatic carbocycles. The normalized spacial score (nSPS) is 19.2. The molecule has 3 N–H and O–H groups in total. The minimum Gasteiger partial charge on any atom is -0.393 e. The number of hydrogen-bond acceptors (Lipinski definition) is 5. The van der Waals surface area contributed by atoms with Crippen molar-refractivity contribution in [1.82, 2.24) is 4.98 Å². The Hall–Kier alpha value is -2.91. The number of rotatable bonds is 5. The van der Waals surface area contributed by atoms with Crippen LogP contribution in [-0.2, 0) is 0 Å². The van der Waals surface area contributed by atoms with E-state index in [0.717, 1.165) is 19.3 Å². The van der Waals surface area contributed by atoms with Gasteiger partial charge >= 0.3 is 0 Å². The van der Waals surface area contributed by atoms with Crippen molar-refractivity contribution >= 4 is 17.4 Å². The number of carbonyl (C=O) groups excluding carboxylic acids is 1. The molecule has 0 bridgehead atoms. The topological polar surface area (TPSA) is 98.0 Å². The summed E-state index contributed by atoms with van der Waals surface area (Å²) in [6.07, 6.45) is 4.17. The second kappa shape index (κ2) is 7.77. The number of nitrogens with zero attached hydrogens (tertiary/aromatic N) is 2. The number of pyridine rings is 1. The molecule has 1 amide bonds. The van der Waals surface area contributed by atoms with Crippen LogP contribution in [0.3, 0.4) is 0 Å². The smallest absolute Gasteiger partial charge is 0.259 e. The molecular formula is C19H20N4O2. The van der Waals surface area contributed by atoms with Crippen LogP contribution in [0.25, 0.3) is 0 Å². The van der Waals surface area contributed by atoms with Gasteiger partial charge in [0.25, 0.3) is 5.91 Å². The highest BCUT2D eigenvalue weighted by Crippen LogP contribution is 2.26. The van der Waals surface area contributed by atoms with Crippen molar-refractivity contribution in [3.63, 3.8) is 0 Å². The van der Waals surface area contributed by atoms with Crippen molar-refractivity contribution in [2.45, 2.75) is 25.4 Å². The summed E-state index contributed by atoms with van der Waals surface area (Å²) in [5.74, 6) is 0.387. The molecule has 0 radical (unpaired) electrons. The number of aromatic nitrogens is 1. The van der Waals surface area contributed by atoms with Crippen LogP contribution in [0.4, 0.5) is 11.5 Å². The van der Waals surface area contributed by atoms with Crippen LogP contribution in [0.5, 0.6) is 0 Å². The van der Waals surface area contributed by atoms with Crippen molar-refractivity contribution in [3.05, 3.63) is 53.7 Å². The van der Waals surface area contributed by atoms with Crippen LogP contribution in [0.1, 0.15) is 35.2 Å². The average molecular weight is 336 g/mol. The number of amides is 1. The Bertz CT molecular complexity index is 800. The van der Waals surface area contributed by atoms with Crippen LogP contribution >= 0.6 is 0 Å². The fourth-order valence-corrected chi connectivity index (χ4v) is 3.08. The molecular weight excluding hydrogens is 316 g/mol. The van der Waals surface area contributed by atoms with E-state index < -0.39 is 0 Å². The van der Waals surface area contributed by atoms with Gasteiger partial charge in [0, 0.05) is 24.3 Å². The maximum atomic E-state index is 12.6. The van der Waals surface area contributed by atoms with Gasteiger partial charge in [-0.15, -0.1) is 0 Å². The number of aliphatic hydroxyl groups is 1. The van der Waals surface area contributed by atoms with E-state index in [1.165, 1.54) is 0 Å². The van der Waals surface area contributed by atoms with E-state index in [1.54, 1.807) is 42.6 Å². The van der Waals surface area contributed by atoms with Crippen LogP contribution in [0.2, 0.25) is 0 Å². The predicted octanol–water partition coefficient (Wildman–Crippen LogP) is 2.78.